The van der Waals surface area contributed by atoms with Gasteiger partial charge in [-0.1, -0.05) is 91.4 Å². The monoisotopic (exact) mass is 312 g/mol. The van der Waals surface area contributed by atoms with E-state index in [2.05, 4.69) is 74.2 Å². The highest BCUT2D eigenvalue weighted by Crippen LogP contribution is 2.47. The first-order valence-electron chi connectivity index (χ1n) is 8.95. The molecule has 0 radical (unpaired) electrons. The van der Waals surface area contributed by atoms with Crippen molar-refractivity contribution in [1.82, 2.24) is 0 Å². The lowest BCUT2D eigenvalue weighted by atomic mass is 9.79. The van der Waals surface area contributed by atoms with Gasteiger partial charge in [0.2, 0.25) is 0 Å². The van der Waals surface area contributed by atoms with Crippen molar-refractivity contribution >= 4 is 12.7 Å². The molecule has 2 unspecified atom stereocenters. The van der Waals surface area contributed by atoms with Crippen molar-refractivity contribution in [3.05, 3.63) is 93.5 Å². The van der Waals surface area contributed by atoms with Gasteiger partial charge in [0, 0.05) is 11.8 Å². The summed E-state index contributed by atoms with van der Waals surface area (Å²) in [7, 11) is 0. The molecule has 0 saturated carbocycles. The fourth-order valence-electron chi connectivity index (χ4n) is 4.20. The third kappa shape index (κ3) is 2.67. The summed E-state index contributed by atoms with van der Waals surface area (Å²) in [5.41, 5.74) is 6.29. The van der Waals surface area contributed by atoms with E-state index in [1.807, 2.05) is 6.07 Å². The highest BCUT2D eigenvalue weighted by molar-refractivity contribution is 5.54. The van der Waals surface area contributed by atoms with Crippen LogP contribution in [0.15, 0.2) is 83.0 Å². The molecule has 4 rings (SSSR count). The summed E-state index contributed by atoms with van der Waals surface area (Å²) < 4.78 is 0. The molecule has 0 heteroatoms. The number of hydrogen-bond donors (Lipinski definition) is 0. The summed E-state index contributed by atoms with van der Waals surface area (Å²) in [5.74, 6) is 1.18. The van der Waals surface area contributed by atoms with Gasteiger partial charge in [-0.2, -0.15) is 0 Å². The van der Waals surface area contributed by atoms with E-state index in [1.165, 1.54) is 10.8 Å². The highest BCUT2D eigenvalue weighted by Gasteiger charge is 2.32. The van der Waals surface area contributed by atoms with Gasteiger partial charge in [-0.05, 0) is 40.8 Å². The van der Waals surface area contributed by atoms with Crippen LogP contribution in [0.5, 0.6) is 0 Å². The second-order valence-electron chi connectivity index (χ2n) is 7.01. The Balaban J connectivity index is 1.56. The quantitative estimate of drug-likeness (QED) is 0.700. The van der Waals surface area contributed by atoms with E-state index >= 15 is 0 Å². The molecular weight excluding hydrogens is 288 g/mol. The van der Waals surface area contributed by atoms with E-state index in [9.17, 15) is 0 Å². The Morgan fingerprint density at radius 3 is 2.92 bits per heavy atom. The number of rotatable bonds is 2. The molecule has 0 bridgehead atoms. The summed E-state index contributed by atoms with van der Waals surface area (Å²) in [6, 6.07) is 8.36. The van der Waals surface area contributed by atoms with E-state index in [1.54, 1.807) is 16.7 Å². The van der Waals surface area contributed by atoms with Crippen molar-refractivity contribution in [3.8, 4) is 0 Å². The molecule has 0 aromatic heterocycles. The van der Waals surface area contributed by atoms with Gasteiger partial charge in [-0.3, -0.25) is 0 Å². The van der Waals surface area contributed by atoms with Gasteiger partial charge in [-0.15, -0.1) is 0 Å². The normalized spacial score (nSPS) is 27.5. The lowest BCUT2D eigenvalue weighted by Gasteiger charge is -2.25. The van der Waals surface area contributed by atoms with E-state index in [0.29, 0.717) is 11.8 Å². The van der Waals surface area contributed by atoms with Crippen molar-refractivity contribution in [2.45, 2.75) is 26.2 Å². The molecule has 120 valence electrons. The number of allylic oxidation sites excluding steroid dienone is 10. The first-order valence-corrected chi connectivity index (χ1v) is 8.95. The zero-order valence-electron chi connectivity index (χ0n) is 14.3. The van der Waals surface area contributed by atoms with E-state index in [-0.39, 0.29) is 0 Å². The van der Waals surface area contributed by atoms with Crippen LogP contribution in [0.25, 0.3) is 12.7 Å². The Labute approximate surface area is 144 Å². The molecule has 0 aliphatic heterocycles. The third-order valence-corrected chi connectivity index (χ3v) is 5.64. The topological polar surface area (TPSA) is 0 Å². The molecule has 0 amide bonds. The van der Waals surface area contributed by atoms with Crippen LogP contribution in [-0.2, 0) is 0 Å². The van der Waals surface area contributed by atoms with Crippen LogP contribution in [0.4, 0.5) is 0 Å². The maximum Gasteiger partial charge on any atom is 0.00920 e. The van der Waals surface area contributed by atoms with Crippen molar-refractivity contribution < 1.29 is 0 Å². The lowest BCUT2D eigenvalue weighted by Crippen LogP contribution is -2.21. The Kier molecular flexibility index (Phi) is 3.98. The smallest absolute Gasteiger partial charge is 0.00920 e. The minimum atomic E-state index is 0.562. The highest BCUT2D eigenvalue weighted by atomic mass is 14.4. The SMILES string of the molecule is C=c1cccc/c1=C/C/C=C1\CC2=C(C=CC3=CC=CCC32)C1C. The Morgan fingerprint density at radius 1 is 1.17 bits per heavy atom. The number of hydrogen-bond acceptors (Lipinski definition) is 0. The van der Waals surface area contributed by atoms with E-state index < -0.39 is 0 Å². The molecule has 3 aliphatic carbocycles. The zero-order chi connectivity index (χ0) is 16.5. The summed E-state index contributed by atoms with van der Waals surface area (Å²) in [6.07, 6.45) is 19.5. The number of benzene rings is 1. The van der Waals surface area contributed by atoms with Crippen LogP contribution in [0, 0.1) is 11.8 Å². The Bertz CT molecular complexity index is 915. The van der Waals surface area contributed by atoms with Crippen LogP contribution >= 0.6 is 0 Å². The minimum absolute atomic E-state index is 0.562. The Hall–Kier alpha value is -2.34. The fourth-order valence-corrected chi connectivity index (χ4v) is 4.20. The molecule has 0 heterocycles. The van der Waals surface area contributed by atoms with Crippen molar-refractivity contribution in [2.75, 3.05) is 0 Å². The molecule has 0 nitrogen and oxygen atoms in total. The first-order chi connectivity index (χ1) is 11.7. The lowest BCUT2D eigenvalue weighted by molar-refractivity contribution is 0.709. The molecule has 0 fully saturated rings. The zero-order valence-corrected chi connectivity index (χ0v) is 14.3. The summed E-state index contributed by atoms with van der Waals surface area (Å²) in [5, 5.41) is 2.36. The van der Waals surface area contributed by atoms with Crippen LogP contribution in [0.1, 0.15) is 26.2 Å². The number of fused-ring (bicyclic) bond motifs is 2. The minimum Gasteiger partial charge on any atom is -0.0912 e. The third-order valence-electron chi connectivity index (χ3n) is 5.64. The van der Waals surface area contributed by atoms with Crippen LogP contribution in [0.3, 0.4) is 0 Å². The van der Waals surface area contributed by atoms with E-state index in [0.717, 1.165) is 24.5 Å². The van der Waals surface area contributed by atoms with Gasteiger partial charge in [0.1, 0.15) is 0 Å². The molecule has 1 aromatic carbocycles. The maximum absolute atomic E-state index is 4.11. The molecule has 2 atom stereocenters. The molecule has 0 saturated heterocycles. The standard InChI is InChI=1S/C24H24/c1-17-8-3-4-9-19(17)11-7-12-21-16-24-22(18(21)2)15-14-20-10-5-6-13-23(20)24/h3-6,8-12,14-15,18,23H,1,7,13,16H2,2H3/b19-11-,21-12+. The molecule has 0 spiro atoms. The van der Waals surface area contributed by atoms with Crippen LogP contribution < -0.4 is 10.4 Å². The van der Waals surface area contributed by atoms with Gasteiger partial charge in [0.05, 0.1) is 0 Å². The van der Waals surface area contributed by atoms with Gasteiger partial charge < -0.3 is 0 Å². The largest absolute Gasteiger partial charge is 0.0912 e. The predicted octanol–water partition coefficient (Wildman–Crippen LogP) is 4.60. The summed E-state index contributed by atoms with van der Waals surface area (Å²) in [4.78, 5) is 0. The average Bonchev–Trinajstić information content (AvgIpc) is 2.93. The van der Waals surface area contributed by atoms with Crippen LogP contribution in [0.2, 0.25) is 0 Å². The second kappa shape index (κ2) is 6.28. The van der Waals surface area contributed by atoms with E-state index in [4.69, 9.17) is 0 Å². The summed E-state index contributed by atoms with van der Waals surface area (Å²) >= 11 is 0. The van der Waals surface area contributed by atoms with Gasteiger partial charge in [0.15, 0.2) is 0 Å². The molecular formula is C24H24. The predicted molar refractivity (Wildman–Crippen MR) is 104 cm³/mol. The van der Waals surface area contributed by atoms with Crippen molar-refractivity contribution in [1.29, 1.82) is 0 Å². The average molecular weight is 312 g/mol. The second-order valence-corrected chi connectivity index (χ2v) is 7.01. The maximum atomic E-state index is 4.11. The van der Waals surface area contributed by atoms with Gasteiger partial charge in [0.25, 0.3) is 0 Å². The van der Waals surface area contributed by atoms with Crippen LogP contribution in [-0.4, -0.2) is 0 Å². The molecule has 0 N–H and O–H groups in total. The Morgan fingerprint density at radius 2 is 2.04 bits per heavy atom. The van der Waals surface area contributed by atoms with Crippen molar-refractivity contribution in [2.24, 2.45) is 11.8 Å². The molecule has 3 aliphatic rings. The summed E-state index contributed by atoms with van der Waals surface area (Å²) in [6.45, 7) is 6.47. The first kappa shape index (κ1) is 15.2. The molecule has 1 aromatic rings. The van der Waals surface area contributed by atoms with Crippen molar-refractivity contribution in [3.63, 3.8) is 0 Å². The van der Waals surface area contributed by atoms with Gasteiger partial charge in [-0.25, -0.2) is 0 Å². The molecule has 24 heavy (non-hydrogen) atoms. The fraction of sp³-hybridized carbons (Fsp3) is 0.250. The van der Waals surface area contributed by atoms with Gasteiger partial charge >= 0.3 is 0 Å².